The van der Waals surface area contributed by atoms with Crippen LogP contribution in [0, 0.1) is 5.82 Å². The minimum absolute atomic E-state index is 0.00482. The molecule has 1 amide bonds. The van der Waals surface area contributed by atoms with Crippen LogP contribution in [-0.4, -0.2) is 61.7 Å². The Labute approximate surface area is 166 Å². The molecule has 2 N–H and O–H groups in total. The molecule has 0 unspecified atom stereocenters. The van der Waals surface area contributed by atoms with Gasteiger partial charge in [0.05, 0.1) is 31.1 Å². The standard InChI is InChI=1S/C18H18FN3O6S/c1-27-15-3-2-10(19)4-16(15)29(25,26)21-11-5-14-17(20-7-11)28-9-12-6-13(23)8-22(12)18(14)24/h2-5,7,12-13,21,23H,6,8-9H2,1H3/t12-,13-/m1/s1. The predicted octanol–water partition coefficient (Wildman–Crippen LogP) is 0.998. The number of aliphatic hydroxyl groups is 1. The topological polar surface area (TPSA) is 118 Å². The van der Waals surface area contributed by atoms with Crippen molar-refractivity contribution < 1.29 is 32.2 Å². The summed E-state index contributed by atoms with van der Waals surface area (Å²) < 4.78 is 51.9. The number of aliphatic hydroxyl groups excluding tert-OH is 1. The van der Waals surface area contributed by atoms with Crippen LogP contribution in [0.25, 0.3) is 0 Å². The maximum absolute atomic E-state index is 13.6. The first-order chi connectivity index (χ1) is 13.8. The number of ether oxygens (including phenoxy) is 2. The number of methoxy groups -OCH3 is 1. The highest BCUT2D eigenvalue weighted by molar-refractivity contribution is 7.92. The third-order valence-corrected chi connectivity index (χ3v) is 6.22. The lowest BCUT2D eigenvalue weighted by atomic mass is 10.2. The van der Waals surface area contributed by atoms with E-state index in [9.17, 15) is 22.7 Å². The fourth-order valence-corrected chi connectivity index (χ4v) is 4.69. The van der Waals surface area contributed by atoms with E-state index in [0.29, 0.717) is 6.42 Å². The number of carbonyl (C=O) groups excluding carboxylic acids is 1. The zero-order valence-corrected chi connectivity index (χ0v) is 16.1. The van der Waals surface area contributed by atoms with E-state index in [0.717, 1.165) is 12.1 Å². The van der Waals surface area contributed by atoms with Crippen LogP contribution in [0.1, 0.15) is 16.8 Å². The number of benzene rings is 1. The lowest BCUT2D eigenvalue weighted by Gasteiger charge is -2.20. The number of rotatable bonds is 4. The number of carbonyl (C=O) groups is 1. The number of pyridine rings is 1. The number of amides is 1. The van der Waals surface area contributed by atoms with Crippen LogP contribution in [0.4, 0.5) is 10.1 Å². The molecule has 9 nitrogen and oxygen atoms in total. The van der Waals surface area contributed by atoms with Gasteiger partial charge in [-0.05, 0) is 30.7 Å². The minimum atomic E-state index is -4.22. The number of hydrogen-bond acceptors (Lipinski definition) is 7. The highest BCUT2D eigenvalue weighted by atomic mass is 32.2. The summed E-state index contributed by atoms with van der Waals surface area (Å²) in [7, 11) is -2.95. The number of nitrogens with one attached hydrogen (secondary N) is 1. The van der Waals surface area contributed by atoms with Crippen molar-refractivity contribution in [2.45, 2.75) is 23.5 Å². The fraction of sp³-hybridized carbons (Fsp3) is 0.333. The van der Waals surface area contributed by atoms with Gasteiger partial charge in [0, 0.05) is 6.54 Å². The molecule has 0 aliphatic carbocycles. The third kappa shape index (κ3) is 3.58. The molecule has 1 saturated heterocycles. The van der Waals surface area contributed by atoms with Crippen molar-refractivity contribution in [3.8, 4) is 11.6 Å². The number of sulfonamides is 1. The second-order valence-corrected chi connectivity index (χ2v) is 8.44. The van der Waals surface area contributed by atoms with E-state index in [4.69, 9.17) is 9.47 Å². The van der Waals surface area contributed by atoms with Crippen molar-refractivity contribution in [1.29, 1.82) is 0 Å². The molecule has 2 aliphatic rings. The zero-order chi connectivity index (χ0) is 20.8. The van der Waals surface area contributed by atoms with Crippen LogP contribution in [0.5, 0.6) is 11.6 Å². The molecule has 3 heterocycles. The van der Waals surface area contributed by atoms with E-state index in [1.807, 2.05) is 0 Å². The second kappa shape index (κ2) is 7.16. The molecule has 0 radical (unpaired) electrons. The van der Waals surface area contributed by atoms with E-state index in [-0.39, 0.29) is 47.0 Å². The smallest absolute Gasteiger partial charge is 0.265 e. The van der Waals surface area contributed by atoms with Crippen LogP contribution in [0.3, 0.4) is 0 Å². The summed E-state index contributed by atoms with van der Waals surface area (Å²) in [6.45, 7) is 0.358. The number of fused-ring (bicyclic) bond motifs is 2. The SMILES string of the molecule is COc1ccc(F)cc1S(=O)(=O)Nc1cnc2c(c1)C(=O)N1C[C@H](O)C[C@@H]1CO2. The van der Waals surface area contributed by atoms with E-state index in [2.05, 4.69) is 9.71 Å². The van der Waals surface area contributed by atoms with Crippen molar-refractivity contribution >= 4 is 21.6 Å². The van der Waals surface area contributed by atoms with Gasteiger partial charge in [-0.25, -0.2) is 17.8 Å². The van der Waals surface area contributed by atoms with E-state index in [1.165, 1.54) is 30.3 Å². The van der Waals surface area contributed by atoms with Crippen LogP contribution in [-0.2, 0) is 10.0 Å². The Bertz CT molecular complexity index is 1080. The van der Waals surface area contributed by atoms with Crippen LogP contribution >= 0.6 is 0 Å². The largest absolute Gasteiger partial charge is 0.495 e. The number of hydrogen-bond donors (Lipinski definition) is 2. The zero-order valence-electron chi connectivity index (χ0n) is 15.3. The molecular weight excluding hydrogens is 405 g/mol. The minimum Gasteiger partial charge on any atom is -0.495 e. The van der Waals surface area contributed by atoms with Crippen molar-refractivity contribution in [2.75, 3.05) is 25.0 Å². The van der Waals surface area contributed by atoms with Gasteiger partial charge in [-0.15, -0.1) is 0 Å². The van der Waals surface area contributed by atoms with Gasteiger partial charge in [-0.1, -0.05) is 0 Å². The number of aromatic nitrogens is 1. The molecule has 2 atom stereocenters. The average molecular weight is 423 g/mol. The van der Waals surface area contributed by atoms with Crippen LogP contribution in [0.15, 0.2) is 35.4 Å². The molecule has 1 fully saturated rings. The number of nitrogens with zero attached hydrogens (tertiary/aromatic N) is 2. The van der Waals surface area contributed by atoms with Crippen LogP contribution < -0.4 is 14.2 Å². The highest BCUT2D eigenvalue weighted by Gasteiger charge is 2.39. The Morgan fingerprint density at radius 1 is 1.38 bits per heavy atom. The molecule has 154 valence electrons. The Kier molecular flexibility index (Phi) is 4.79. The van der Waals surface area contributed by atoms with Gasteiger partial charge >= 0.3 is 0 Å². The van der Waals surface area contributed by atoms with Gasteiger partial charge < -0.3 is 19.5 Å². The van der Waals surface area contributed by atoms with Crippen molar-refractivity contribution in [2.24, 2.45) is 0 Å². The highest BCUT2D eigenvalue weighted by Crippen LogP contribution is 2.31. The summed E-state index contributed by atoms with van der Waals surface area (Å²) in [5.74, 6) is -1.09. The first kappa shape index (κ1) is 19.4. The van der Waals surface area contributed by atoms with Crippen molar-refractivity contribution in [1.82, 2.24) is 9.88 Å². The first-order valence-electron chi connectivity index (χ1n) is 8.76. The van der Waals surface area contributed by atoms with Gasteiger partial charge in [0.2, 0.25) is 5.88 Å². The summed E-state index contributed by atoms with van der Waals surface area (Å²) in [6.07, 6.45) is 0.975. The second-order valence-electron chi connectivity index (χ2n) is 6.79. The molecule has 29 heavy (non-hydrogen) atoms. The Morgan fingerprint density at radius 2 is 2.17 bits per heavy atom. The summed E-state index contributed by atoms with van der Waals surface area (Å²) in [5.41, 5.74) is 0.0817. The Morgan fingerprint density at radius 3 is 2.93 bits per heavy atom. The Balaban J connectivity index is 1.67. The lowest BCUT2D eigenvalue weighted by molar-refractivity contribution is 0.0709. The van der Waals surface area contributed by atoms with Crippen molar-refractivity contribution in [3.63, 3.8) is 0 Å². The van der Waals surface area contributed by atoms with E-state index < -0.39 is 27.9 Å². The summed E-state index contributed by atoms with van der Waals surface area (Å²) in [4.78, 5) is 18.0. The molecule has 0 saturated carbocycles. The van der Waals surface area contributed by atoms with Gasteiger partial charge in [0.15, 0.2) is 0 Å². The third-order valence-electron chi connectivity index (χ3n) is 4.81. The quantitative estimate of drug-likeness (QED) is 0.753. The normalized spacial score (nSPS) is 21.1. The number of anilines is 1. The molecule has 0 bridgehead atoms. The monoisotopic (exact) mass is 423 g/mol. The van der Waals surface area contributed by atoms with Gasteiger partial charge in [0.1, 0.15) is 28.6 Å². The number of halogens is 1. The molecule has 1 aromatic carbocycles. The van der Waals surface area contributed by atoms with Crippen molar-refractivity contribution in [3.05, 3.63) is 41.8 Å². The fourth-order valence-electron chi connectivity index (χ4n) is 3.48. The van der Waals surface area contributed by atoms with Gasteiger partial charge in [-0.2, -0.15) is 0 Å². The molecular formula is C18H18FN3O6S. The molecule has 2 aromatic rings. The van der Waals surface area contributed by atoms with E-state index in [1.54, 1.807) is 0 Å². The molecule has 2 aliphatic heterocycles. The molecule has 0 spiro atoms. The average Bonchev–Trinajstić information content (AvgIpc) is 3.01. The lowest BCUT2D eigenvalue weighted by Crippen LogP contribution is -2.37. The van der Waals surface area contributed by atoms with Gasteiger partial charge in [-0.3, -0.25) is 9.52 Å². The summed E-state index contributed by atoms with van der Waals surface area (Å²) in [6, 6.07) is 4.15. The first-order valence-corrected chi connectivity index (χ1v) is 10.2. The van der Waals surface area contributed by atoms with E-state index >= 15 is 0 Å². The molecule has 11 heteroatoms. The maximum atomic E-state index is 13.6. The molecule has 1 aromatic heterocycles. The molecule has 4 rings (SSSR count). The maximum Gasteiger partial charge on any atom is 0.265 e. The van der Waals surface area contributed by atoms with Gasteiger partial charge in [0.25, 0.3) is 15.9 Å². The predicted molar refractivity (Wildman–Crippen MR) is 98.9 cm³/mol. The summed E-state index contributed by atoms with van der Waals surface area (Å²) >= 11 is 0. The van der Waals surface area contributed by atoms with Crippen LogP contribution in [0.2, 0.25) is 0 Å². The Hall–Kier alpha value is -2.92. The summed E-state index contributed by atoms with van der Waals surface area (Å²) in [5, 5.41) is 9.82.